The number of rotatable bonds is 7. The molecule has 3 nitrogen and oxygen atoms in total. The normalized spacial score (nSPS) is 11.7. The van der Waals surface area contributed by atoms with E-state index in [4.69, 9.17) is 23.2 Å². The highest BCUT2D eigenvalue weighted by atomic mass is 35.5. The maximum atomic E-state index is 6.34. The minimum atomic E-state index is 0.582. The molecule has 2 rings (SSSR count). The molecule has 0 radical (unpaired) electrons. The second-order valence-electron chi connectivity index (χ2n) is 5.24. The van der Waals surface area contributed by atoms with Gasteiger partial charge in [0.25, 0.3) is 0 Å². The molecule has 0 aliphatic heterocycles. The lowest BCUT2D eigenvalue weighted by Gasteiger charge is -2.11. The summed E-state index contributed by atoms with van der Waals surface area (Å²) >= 11 is 12.2. The Morgan fingerprint density at radius 1 is 1.25 bits per heavy atom. The van der Waals surface area contributed by atoms with Crippen molar-refractivity contribution in [1.82, 2.24) is 14.5 Å². The fraction of sp³-hybridized carbons (Fsp3) is 0.533. The zero-order valence-electron chi connectivity index (χ0n) is 12.1. The van der Waals surface area contributed by atoms with E-state index < -0.39 is 0 Å². The summed E-state index contributed by atoms with van der Waals surface area (Å²) in [5.41, 5.74) is 2.00. The summed E-state index contributed by atoms with van der Waals surface area (Å²) in [6, 6.07) is 5.88. The highest BCUT2D eigenvalue weighted by Gasteiger charge is 2.12. The largest absolute Gasteiger partial charge is 0.327 e. The Labute approximate surface area is 130 Å². The van der Waals surface area contributed by atoms with E-state index in [9.17, 15) is 0 Å². The van der Waals surface area contributed by atoms with Gasteiger partial charge in [-0.25, -0.2) is 4.98 Å². The first kappa shape index (κ1) is 15.6. The van der Waals surface area contributed by atoms with Crippen molar-refractivity contribution in [3.63, 3.8) is 0 Å². The number of halogens is 2. The molecular formula is C15H21Cl2N3. The lowest BCUT2D eigenvalue weighted by atomic mass is 10.2. The summed E-state index contributed by atoms with van der Waals surface area (Å²) in [7, 11) is 4.20. The maximum Gasteiger partial charge on any atom is 0.111 e. The highest BCUT2D eigenvalue weighted by Crippen LogP contribution is 2.25. The molecule has 0 fully saturated rings. The summed E-state index contributed by atoms with van der Waals surface area (Å²) in [4.78, 5) is 6.87. The third-order valence-electron chi connectivity index (χ3n) is 3.35. The van der Waals surface area contributed by atoms with Crippen LogP contribution in [0.4, 0.5) is 0 Å². The van der Waals surface area contributed by atoms with E-state index in [-0.39, 0.29) is 0 Å². The SMILES string of the molecule is CN(C)CCCCn1c(CCCl)nc2cccc(Cl)c21. The summed E-state index contributed by atoms with van der Waals surface area (Å²) < 4.78 is 2.23. The minimum Gasteiger partial charge on any atom is -0.327 e. The number of fused-ring (bicyclic) bond motifs is 1. The van der Waals surface area contributed by atoms with Crippen LogP contribution in [-0.2, 0) is 13.0 Å². The van der Waals surface area contributed by atoms with Crippen LogP contribution in [0, 0.1) is 0 Å². The van der Waals surface area contributed by atoms with Crippen LogP contribution in [0.5, 0.6) is 0 Å². The predicted octanol–water partition coefficient (Wildman–Crippen LogP) is 3.81. The molecular weight excluding hydrogens is 293 g/mol. The Morgan fingerprint density at radius 3 is 2.75 bits per heavy atom. The molecule has 0 saturated heterocycles. The molecule has 20 heavy (non-hydrogen) atoms. The van der Waals surface area contributed by atoms with Gasteiger partial charge in [-0.15, -0.1) is 11.6 Å². The monoisotopic (exact) mass is 313 g/mol. The number of unbranched alkanes of at least 4 members (excludes halogenated alkanes) is 1. The van der Waals surface area contributed by atoms with Crippen molar-refractivity contribution in [2.75, 3.05) is 26.5 Å². The van der Waals surface area contributed by atoms with Gasteiger partial charge in [0.1, 0.15) is 5.82 Å². The Bertz CT molecular complexity index is 563. The van der Waals surface area contributed by atoms with Crippen molar-refractivity contribution in [1.29, 1.82) is 0 Å². The molecule has 0 aliphatic carbocycles. The number of nitrogens with zero attached hydrogens (tertiary/aromatic N) is 3. The second kappa shape index (κ2) is 7.30. The Kier molecular flexibility index (Phi) is 5.70. The van der Waals surface area contributed by atoms with E-state index in [1.165, 1.54) is 0 Å². The number of aromatic nitrogens is 2. The van der Waals surface area contributed by atoms with Crippen LogP contribution in [0.2, 0.25) is 5.02 Å². The highest BCUT2D eigenvalue weighted by molar-refractivity contribution is 6.35. The van der Waals surface area contributed by atoms with Crippen LogP contribution in [0.25, 0.3) is 11.0 Å². The molecule has 0 N–H and O–H groups in total. The van der Waals surface area contributed by atoms with Crippen LogP contribution in [0.3, 0.4) is 0 Å². The van der Waals surface area contributed by atoms with Gasteiger partial charge < -0.3 is 9.47 Å². The molecule has 0 unspecified atom stereocenters. The van der Waals surface area contributed by atoms with Crippen LogP contribution in [0.15, 0.2) is 18.2 Å². The second-order valence-corrected chi connectivity index (χ2v) is 6.02. The molecule has 0 saturated carbocycles. The third-order valence-corrected chi connectivity index (χ3v) is 3.85. The van der Waals surface area contributed by atoms with E-state index in [1.54, 1.807) is 0 Å². The molecule has 110 valence electrons. The Morgan fingerprint density at radius 2 is 2.05 bits per heavy atom. The Balaban J connectivity index is 2.21. The van der Waals surface area contributed by atoms with Gasteiger partial charge in [0, 0.05) is 18.8 Å². The van der Waals surface area contributed by atoms with Crippen molar-refractivity contribution in [2.45, 2.75) is 25.8 Å². The van der Waals surface area contributed by atoms with E-state index >= 15 is 0 Å². The zero-order valence-corrected chi connectivity index (χ0v) is 13.6. The zero-order chi connectivity index (χ0) is 14.5. The molecule has 1 aromatic heterocycles. The lowest BCUT2D eigenvalue weighted by molar-refractivity contribution is 0.387. The molecule has 5 heteroatoms. The van der Waals surface area contributed by atoms with Gasteiger partial charge in [-0.2, -0.15) is 0 Å². The van der Waals surface area contributed by atoms with Gasteiger partial charge in [-0.05, 0) is 45.6 Å². The summed E-state index contributed by atoms with van der Waals surface area (Å²) in [5.74, 6) is 1.62. The van der Waals surface area contributed by atoms with E-state index in [0.29, 0.717) is 5.88 Å². The van der Waals surface area contributed by atoms with Crippen molar-refractivity contribution < 1.29 is 0 Å². The number of benzene rings is 1. The smallest absolute Gasteiger partial charge is 0.111 e. The number of para-hydroxylation sites is 1. The molecule has 0 bridgehead atoms. The molecule has 0 aliphatic rings. The standard InChI is InChI=1S/C15H21Cl2N3/c1-19(2)10-3-4-11-20-14(8-9-16)18-13-7-5-6-12(17)15(13)20/h5-7H,3-4,8-11H2,1-2H3. The van der Waals surface area contributed by atoms with Crippen molar-refractivity contribution in [2.24, 2.45) is 0 Å². The van der Waals surface area contributed by atoms with Gasteiger partial charge in [-0.3, -0.25) is 0 Å². The Hall–Kier alpha value is -0.770. The number of imidazole rings is 1. The molecule has 2 aromatic rings. The van der Waals surface area contributed by atoms with Gasteiger partial charge in [0.15, 0.2) is 0 Å². The summed E-state index contributed by atoms with van der Waals surface area (Å²) in [5, 5.41) is 0.767. The number of hydrogen-bond acceptors (Lipinski definition) is 2. The first-order valence-corrected chi connectivity index (χ1v) is 7.89. The van der Waals surface area contributed by atoms with E-state index in [2.05, 4.69) is 28.5 Å². The fourth-order valence-electron chi connectivity index (χ4n) is 2.40. The van der Waals surface area contributed by atoms with Crippen LogP contribution < -0.4 is 0 Å². The molecule has 0 amide bonds. The lowest BCUT2D eigenvalue weighted by Crippen LogP contribution is -2.14. The minimum absolute atomic E-state index is 0.582. The first-order chi connectivity index (χ1) is 9.63. The quantitative estimate of drug-likeness (QED) is 0.572. The number of alkyl halides is 1. The molecule has 0 spiro atoms. The summed E-state index contributed by atoms with van der Waals surface area (Å²) in [6.45, 7) is 2.05. The van der Waals surface area contributed by atoms with Crippen LogP contribution in [-0.4, -0.2) is 41.0 Å². The molecule has 1 heterocycles. The van der Waals surface area contributed by atoms with Gasteiger partial charge >= 0.3 is 0 Å². The average Bonchev–Trinajstić information content (AvgIpc) is 2.74. The molecule has 1 aromatic carbocycles. The van der Waals surface area contributed by atoms with Gasteiger partial charge in [-0.1, -0.05) is 17.7 Å². The van der Waals surface area contributed by atoms with Crippen molar-refractivity contribution in [3.8, 4) is 0 Å². The summed E-state index contributed by atoms with van der Waals surface area (Å²) in [6.07, 6.45) is 3.06. The van der Waals surface area contributed by atoms with Gasteiger partial charge in [0.05, 0.1) is 16.1 Å². The van der Waals surface area contributed by atoms with Crippen molar-refractivity contribution >= 4 is 34.2 Å². The third kappa shape index (κ3) is 3.66. The predicted molar refractivity (Wildman–Crippen MR) is 87.0 cm³/mol. The first-order valence-electron chi connectivity index (χ1n) is 6.98. The van der Waals surface area contributed by atoms with Gasteiger partial charge in [0.2, 0.25) is 0 Å². The topological polar surface area (TPSA) is 21.1 Å². The fourth-order valence-corrected chi connectivity index (χ4v) is 2.84. The van der Waals surface area contributed by atoms with Crippen LogP contribution >= 0.6 is 23.2 Å². The molecule has 0 atom stereocenters. The maximum absolute atomic E-state index is 6.34. The number of hydrogen-bond donors (Lipinski definition) is 0. The van der Waals surface area contributed by atoms with E-state index in [0.717, 1.165) is 54.2 Å². The average molecular weight is 314 g/mol. The van der Waals surface area contributed by atoms with E-state index in [1.807, 2.05) is 18.2 Å². The number of aryl methyl sites for hydroxylation is 2. The van der Waals surface area contributed by atoms with Crippen LogP contribution in [0.1, 0.15) is 18.7 Å². The van der Waals surface area contributed by atoms with Crippen molar-refractivity contribution in [3.05, 3.63) is 29.0 Å².